The van der Waals surface area contributed by atoms with Crippen LogP contribution < -0.4 is 10.0 Å². The summed E-state index contributed by atoms with van der Waals surface area (Å²) in [5.41, 5.74) is 2.79. The number of carbonyl (C=O) groups is 2. The van der Waals surface area contributed by atoms with E-state index in [1.807, 2.05) is 6.92 Å². The molecule has 1 aliphatic rings. The molecule has 0 spiro atoms. The van der Waals surface area contributed by atoms with Crippen molar-refractivity contribution in [1.29, 1.82) is 5.26 Å². The zero-order chi connectivity index (χ0) is 25.2. The molecule has 0 atom stereocenters. The third-order valence-corrected chi connectivity index (χ3v) is 8.09. The molecule has 0 unspecified atom stereocenters. The van der Waals surface area contributed by atoms with Crippen LogP contribution in [-0.4, -0.2) is 39.0 Å². The van der Waals surface area contributed by atoms with E-state index >= 15 is 0 Å². The summed E-state index contributed by atoms with van der Waals surface area (Å²) in [7, 11) is -2.44. The molecule has 1 aliphatic heterocycles. The molecule has 0 aliphatic carbocycles. The van der Waals surface area contributed by atoms with Gasteiger partial charge in [0.1, 0.15) is 11.1 Å². The van der Waals surface area contributed by atoms with Crippen LogP contribution in [0.4, 0.5) is 15.5 Å². The van der Waals surface area contributed by atoms with Gasteiger partial charge in [-0.05, 0) is 55.3 Å². The number of anilines is 2. The molecule has 1 aromatic heterocycles. The van der Waals surface area contributed by atoms with Crippen molar-refractivity contribution in [2.75, 3.05) is 23.7 Å². The predicted molar refractivity (Wildman–Crippen MR) is 132 cm³/mol. The Morgan fingerprint density at radius 1 is 1.11 bits per heavy atom. The smallest absolute Gasteiger partial charge is 0.409 e. The number of thiophene rings is 1. The van der Waals surface area contributed by atoms with E-state index in [4.69, 9.17) is 4.74 Å². The first-order valence-corrected chi connectivity index (χ1v) is 12.9. The van der Waals surface area contributed by atoms with Crippen molar-refractivity contribution < 1.29 is 22.7 Å². The van der Waals surface area contributed by atoms with Gasteiger partial charge in [0.05, 0.1) is 24.1 Å². The fraction of sp³-hybridized carbons (Fsp3) is 0.208. The van der Waals surface area contributed by atoms with Crippen molar-refractivity contribution in [2.24, 2.45) is 0 Å². The summed E-state index contributed by atoms with van der Waals surface area (Å²) in [6.07, 6.45) is 0.0569. The minimum atomic E-state index is -3.76. The highest BCUT2D eigenvalue weighted by Crippen LogP contribution is 2.37. The standard InChI is InChI=1S/C24H22N4O5S2/c1-15-3-9-18(10-4-15)35(31,32)27-17-7-5-16(6-8-17)22(29)26-23-20(13-25)19-11-12-28(24(30)33-2)14-21(19)34-23/h3-10,27H,11-12,14H2,1-2H3,(H,26,29). The van der Waals surface area contributed by atoms with Crippen LogP contribution in [0.1, 0.15) is 31.9 Å². The SMILES string of the molecule is COC(=O)N1CCc2c(sc(NC(=O)c3ccc(NS(=O)(=O)c4ccc(C)cc4)cc3)c2C#N)C1. The van der Waals surface area contributed by atoms with E-state index in [1.165, 1.54) is 54.8 Å². The first-order valence-electron chi connectivity index (χ1n) is 10.6. The summed E-state index contributed by atoms with van der Waals surface area (Å²) in [5.74, 6) is -0.433. The maximum absolute atomic E-state index is 12.8. The number of benzene rings is 2. The lowest BCUT2D eigenvalue weighted by Gasteiger charge is -2.25. The van der Waals surface area contributed by atoms with E-state index in [0.717, 1.165) is 16.0 Å². The van der Waals surface area contributed by atoms with Crippen molar-refractivity contribution in [1.82, 2.24) is 4.90 Å². The van der Waals surface area contributed by atoms with Crippen molar-refractivity contribution in [2.45, 2.75) is 24.8 Å². The van der Waals surface area contributed by atoms with E-state index in [2.05, 4.69) is 16.1 Å². The van der Waals surface area contributed by atoms with Gasteiger partial charge in [0.2, 0.25) is 0 Å². The van der Waals surface area contributed by atoms with Crippen LogP contribution in [0.5, 0.6) is 0 Å². The summed E-state index contributed by atoms with van der Waals surface area (Å²) in [4.78, 5) is 27.2. The van der Waals surface area contributed by atoms with Crippen molar-refractivity contribution >= 4 is 44.0 Å². The third kappa shape index (κ3) is 5.13. The van der Waals surface area contributed by atoms with Crippen LogP contribution in [-0.2, 0) is 27.7 Å². The summed E-state index contributed by atoms with van der Waals surface area (Å²) >= 11 is 1.26. The van der Waals surface area contributed by atoms with E-state index in [0.29, 0.717) is 41.3 Å². The number of aryl methyl sites for hydroxylation is 1. The molecular formula is C24H22N4O5S2. The number of fused-ring (bicyclic) bond motifs is 1. The van der Waals surface area contributed by atoms with E-state index in [9.17, 15) is 23.3 Å². The number of sulfonamides is 1. The lowest BCUT2D eigenvalue weighted by molar-refractivity contribution is 0.102. The average Bonchev–Trinajstić information content (AvgIpc) is 3.19. The van der Waals surface area contributed by atoms with Gasteiger partial charge >= 0.3 is 6.09 Å². The molecule has 180 valence electrons. The first kappa shape index (κ1) is 24.3. The van der Waals surface area contributed by atoms with Gasteiger partial charge in [0.25, 0.3) is 15.9 Å². The number of methoxy groups -OCH3 is 1. The summed E-state index contributed by atoms with van der Waals surface area (Å²) in [6, 6.07) is 14.6. The molecule has 0 saturated carbocycles. The lowest BCUT2D eigenvalue weighted by Crippen LogP contribution is -2.35. The summed E-state index contributed by atoms with van der Waals surface area (Å²) in [5, 5.41) is 12.8. The van der Waals surface area contributed by atoms with Gasteiger partial charge in [-0.2, -0.15) is 5.26 Å². The molecule has 2 heterocycles. The minimum Gasteiger partial charge on any atom is -0.453 e. The fourth-order valence-electron chi connectivity index (χ4n) is 3.69. The maximum Gasteiger partial charge on any atom is 0.409 e. The molecule has 4 rings (SSSR count). The Bertz CT molecular complexity index is 1420. The predicted octanol–water partition coefficient (Wildman–Crippen LogP) is 4.11. The number of amides is 2. The molecule has 0 saturated heterocycles. The molecule has 0 radical (unpaired) electrons. The molecule has 11 heteroatoms. The number of rotatable bonds is 5. The van der Waals surface area contributed by atoms with E-state index in [1.54, 1.807) is 17.0 Å². The van der Waals surface area contributed by atoms with Crippen molar-refractivity contribution in [3.8, 4) is 6.07 Å². The number of hydrogen-bond donors (Lipinski definition) is 2. The second-order valence-corrected chi connectivity index (χ2v) is 10.7. The Kier molecular flexibility index (Phi) is 6.77. The normalized spacial score (nSPS) is 12.9. The first-order chi connectivity index (χ1) is 16.7. The number of hydrogen-bond acceptors (Lipinski definition) is 7. The second kappa shape index (κ2) is 9.77. The molecular weight excluding hydrogens is 488 g/mol. The van der Waals surface area contributed by atoms with Crippen LogP contribution in [0.2, 0.25) is 0 Å². The number of nitrogens with zero attached hydrogens (tertiary/aromatic N) is 2. The van der Waals surface area contributed by atoms with Crippen LogP contribution in [0.15, 0.2) is 53.4 Å². The molecule has 3 aromatic rings. The molecule has 0 bridgehead atoms. The highest BCUT2D eigenvalue weighted by molar-refractivity contribution is 7.92. The van der Waals surface area contributed by atoms with Crippen molar-refractivity contribution in [3.05, 3.63) is 75.7 Å². The Morgan fingerprint density at radius 3 is 2.43 bits per heavy atom. The molecule has 2 amide bonds. The molecule has 9 nitrogen and oxygen atoms in total. The molecule has 0 fully saturated rings. The number of ether oxygens (including phenoxy) is 1. The molecule has 35 heavy (non-hydrogen) atoms. The highest BCUT2D eigenvalue weighted by Gasteiger charge is 2.28. The monoisotopic (exact) mass is 510 g/mol. The number of nitrogens with one attached hydrogen (secondary N) is 2. The third-order valence-electron chi connectivity index (χ3n) is 5.56. The molecule has 2 N–H and O–H groups in total. The van der Waals surface area contributed by atoms with Gasteiger partial charge in [0.15, 0.2) is 0 Å². The Balaban J connectivity index is 1.47. The average molecular weight is 511 g/mol. The highest BCUT2D eigenvalue weighted by atomic mass is 32.2. The Hall–Kier alpha value is -3.88. The fourth-order valence-corrected chi connectivity index (χ4v) is 5.96. The van der Waals surface area contributed by atoms with Crippen LogP contribution >= 0.6 is 11.3 Å². The van der Waals surface area contributed by atoms with E-state index in [-0.39, 0.29) is 4.90 Å². The van der Waals surface area contributed by atoms with Gasteiger partial charge in [-0.15, -0.1) is 11.3 Å². The topological polar surface area (TPSA) is 129 Å². The van der Waals surface area contributed by atoms with Gasteiger partial charge in [-0.1, -0.05) is 17.7 Å². The van der Waals surface area contributed by atoms with E-state index < -0.39 is 22.0 Å². The largest absolute Gasteiger partial charge is 0.453 e. The zero-order valence-electron chi connectivity index (χ0n) is 19.0. The summed E-state index contributed by atoms with van der Waals surface area (Å²) < 4.78 is 32.4. The van der Waals surface area contributed by atoms with Crippen LogP contribution in [0, 0.1) is 18.3 Å². The van der Waals surface area contributed by atoms with Crippen molar-refractivity contribution in [3.63, 3.8) is 0 Å². The van der Waals surface area contributed by atoms with Gasteiger partial charge < -0.3 is 15.0 Å². The van der Waals surface area contributed by atoms with Gasteiger partial charge in [-0.25, -0.2) is 13.2 Å². The van der Waals surface area contributed by atoms with Crippen LogP contribution in [0.25, 0.3) is 0 Å². The molecule has 2 aromatic carbocycles. The maximum atomic E-state index is 12.8. The lowest BCUT2D eigenvalue weighted by atomic mass is 10.0. The minimum absolute atomic E-state index is 0.140. The second-order valence-electron chi connectivity index (χ2n) is 7.91. The number of carbonyl (C=O) groups excluding carboxylic acids is 2. The quantitative estimate of drug-likeness (QED) is 0.532. The summed E-state index contributed by atoms with van der Waals surface area (Å²) in [6.45, 7) is 2.61. The zero-order valence-corrected chi connectivity index (χ0v) is 20.6. The van der Waals surface area contributed by atoms with Gasteiger partial charge in [-0.3, -0.25) is 9.52 Å². The Morgan fingerprint density at radius 2 is 1.80 bits per heavy atom. The number of nitriles is 1. The van der Waals surface area contributed by atoms with Gasteiger partial charge in [0, 0.05) is 22.7 Å². The van der Waals surface area contributed by atoms with Crippen LogP contribution in [0.3, 0.4) is 0 Å². The Labute approximate surface area is 207 Å².